The largest absolute Gasteiger partial charge is 0.480 e. The minimum Gasteiger partial charge on any atom is -0.480 e. The van der Waals surface area contributed by atoms with Crippen molar-refractivity contribution in [2.45, 2.75) is 216 Å². The summed E-state index contributed by atoms with van der Waals surface area (Å²) < 4.78 is 22.7. The minimum absolute atomic E-state index is 0. The molecular formula is C65H114N8O12S. The summed E-state index contributed by atoms with van der Waals surface area (Å²) in [5, 5.41) is 20.6. The number of hydrogen-bond donors (Lipinski definition) is 4. The van der Waals surface area contributed by atoms with E-state index in [4.69, 9.17) is 24.1 Å². The molecule has 1 fully saturated rings. The van der Waals surface area contributed by atoms with Crippen molar-refractivity contribution >= 4 is 53.0 Å². The Morgan fingerprint density at radius 2 is 1.30 bits per heavy atom. The van der Waals surface area contributed by atoms with Crippen molar-refractivity contribution in [1.29, 1.82) is 0 Å². The molecule has 1 aromatic heterocycles. The highest BCUT2D eigenvalue weighted by atomic mass is 32.1. The van der Waals surface area contributed by atoms with Crippen molar-refractivity contribution in [3.63, 3.8) is 0 Å². The number of carboxylic acid groups (broad SMARTS) is 1. The van der Waals surface area contributed by atoms with Gasteiger partial charge in [0.15, 0.2) is 5.78 Å². The number of rotatable bonds is 33. The molecule has 2 heterocycles. The van der Waals surface area contributed by atoms with Crippen LogP contribution in [0.1, 0.15) is 173 Å². The number of aromatic nitrogens is 1. The second kappa shape index (κ2) is 38.2. The predicted molar refractivity (Wildman–Crippen MR) is 342 cm³/mol. The molecule has 0 saturated carbocycles. The van der Waals surface area contributed by atoms with Gasteiger partial charge in [0.05, 0.1) is 48.7 Å². The average Bonchev–Trinajstić information content (AvgIpc) is 2.01. The number of carbonyl (C=O) groups excluding carboxylic acids is 6. The van der Waals surface area contributed by atoms with Crippen LogP contribution in [0.5, 0.6) is 0 Å². The van der Waals surface area contributed by atoms with Crippen molar-refractivity contribution in [3.8, 4) is 0 Å². The van der Waals surface area contributed by atoms with E-state index < -0.39 is 71.5 Å². The lowest BCUT2D eigenvalue weighted by molar-refractivity contribution is -0.149. The highest BCUT2D eigenvalue weighted by molar-refractivity contribution is 7.09. The van der Waals surface area contributed by atoms with Crippen LogP contribution in [0.4, 0.5) is 9.59 Å². The van der Waals surface area contributed by atoms with Crippen molar-refractivity contribution in [2.24, 2.45) is 35.5 Å². The lowest BCUT2D eigenvalue weighted by Crippen LogP contribution is -2.54. The Morgan fingerprint density at radius 3 is 1.74 bits per heavy atom. The summed E-state index contributed by atoms with van der Waals surface area (Å²) in [6, 6.07) is 7.99. The molecule has 5 amide bonds. The molecule has 1 aromatic carbocycles. The Bertz CT molecular complexity index is 2330. The van der Waals surface area contributed by atoms with E-state index in [0.29, 0.717) is 58.4 Å². The topological polar surface area (TPSA) is 239 Å². The number of nitrogens with zero attached hydrogens (tertiary/aromatic N) is 5. The number of hydrogen-bond acceptors (Lipinski definition) is 15. The van der Waals surface area contributed by atoms with Gasteiger partial charge in [-0.05, 0) is 117 Å². The van der Waals surface area contributed by atoms with Gasteiger partial charge in [0.2, 0.25) is 17.7 Å². The SMILES string of the molecule is C.CC(C)[C@@H](C(=O)O)N(C)CCCNC(=O)OC(C)(C)C.CC[C@H](C)[C@@H]([C@@H](CC(=O)N1CCC[C@H]1[C@H](OC)[C@@H](C)C(=O)N[C@@H](Cc1ccccc1)c1nccs1)OC)N(C)C(=O)[C@@H](CC(=O)[C@H](C(C)C)N(C)CCCNC(=O)OC(C)(C)C)C(C)C. The maximum Gasteiger partial charge on any atom is 0.407 e. The van der Waals surface area contributed by atoms with Gasteiger partial charge in [0, 0.05) is 77.9 Å². The van der Waals surface area contributed by atoms with Crippen molar-refractivity contribution < 1.29 is 57.6 Å². The van der Waals surface area contributed by atoms with Crippen molar-refractivity contribution in [2.75, 3.05) is 68.1 Å². The molecule has 1 aliphatic heterocycles. The number of alkyl carbamates (subject to hydrolysis) is 2. The van der Waals surface area contributed by atoms with Crippen LogP contribution in [0.3, 0.4) is 0 Å². The fourth-order valence-electron chi connectivity index (χ4n) is 11.3. The van der Waals surface area contributed by atoms with E-state index in [1.807, 2.05) is 122 Å². The molecule has 10 atom stereocenters. The predicted octanol–water partition coefficient (Wildman–Crippen LogP) is 10.1. The minimum atomic E-state index is -0.817. The summed E-state index contributed by atoms with van der Waals surface area (Å²) in [5.41, 5.74) is -0.00983. The van der Waals surface area contributed by atoms with Crippen LogP contribution < -0.4 is 16.0 Å². The zero-order valence-electron chi connectivity index (χ0n) is 55.3. The van der Waals surface area contributed by atoms with Crippen LogP contribution in [0.25, 0.3) is 0 Å². The molecule has 0 radical (unpaired) electrons. The van der Waals surface area contributed by atoms with Crippen molar-refractivity contribution in [1.82, 2.24) is 40.5 Å². The standard InChI is InChI=1S/C50H82N6O8S.C14H28N2O4.CH4/c1-15-34(6)44(55(12)48(60)37(32(2)3)30-40(57)43(33(4)5)54(11)26-20-24-52-49(61)64-50(8,9)10)41(62-13)31-42(58)56-27-19-23-39(56)45(63-14)35(7)46(59)53-38(47-51-25-28-65-47)29-36-21-17-16-18-22-36;1-10(2)11(12(17)18)16(6)9-7-8-15-13(19)20-14(3,4)5;/h16-18,21-22,25,28,32-35,37-39,41,43-45H,15,19-20,23-24,26-27,29-31H2,1-14H3,(H,52,61)(H,53,59);10-11H,7-9H2,1-6H3,(H,15,19)(H,17,18);1H4/t34-,35+,37-,38-,39-,41+,43-,44-,45+;11-;/m00./s1. The van der Waals surface area contributed by atoms with Crippen LogP contribution in [0, 0.1) is 35.5 Å². The number of nitrogens with one attached hydrogen (secondary N) is 3. The quantitative estimate of drug-likeness (QED) is 0.0486. The van der Waals surface area contributed by atoms with Gasteiger partial charge in [-0.25, -0.2) is 14.6 Å². The van der Waals surface area contributed by atoms with Gasteiger partial charge >= 0.3 is 18.2 Å². The van der Waals surface area contributed by atoms with E-state index >= 15 is 0 Å². The second-order valence-corrected chi connectivity index (χ2v) is 26.9. The van der Waals surface area contributed by atoms with Gasteiger partial charge in [0.25, 0.3) is 0 Å². The zero-order chi connectivity index (χ0) is 64.5. The lowest BCUT2D eigenvalue weighted by atomic mass is 9.83. The Labute approximate surface area is 521 Å². The maximum atomic E-state index is 14.7. The molecule has 3 rings (SSSR count). The first-order chi connectivity index (χ1) is 39.7. The molecule has 0 spiro atoms. The summed E-state index contributed by atoms with van der Waals surface area (Å²) in [7, 11) is 8.65. The molecule has 1 aliphatic rings. The first-order valence-electron chi connectivity index (χ1n) is 30.6. The Hall–Kier alpha value is -5.22. The van der Waals surface area contributed by atoms with Gasteiger partial charge in [0.1, 0.15) is 22.3 Å². The molecule has 86 heavy (non-hydrogen) atoms. The van der Waals surface area contributed by atoms with E-state index in [1.165, 1.54) is 11.3 Å². The summed E-state index contributed by atoms with van der Waals surface area (Å²) in [4.78, 5) is 104. The molecule has 20 nitrogen and oxygen atoms in total. The molecular weight excluding hydrogens is 1120 g/mol. The smallest absolute Gasteiger partial charge is 0.407 e. The number of Topliss-reactive ketones (excluding diaryl/α,β-unsaturated/α-hetero) is 1. The van der Waals surface area contributed by atoms with Crippen molar-refractivity contribution in [3.05, 3.63) is 52.5 Å². The lowest BCUT2D eigenvalue weighted by Gasteiger charge is -2.41. The Balaban J connectivity index is 0.00000150. The molecule has 2 aromatic rings. The summed E-state index contributed by atoms with van der Waals surface area (Å²) in [5.74, 6) is -2.55. The number of aliphatic carboxylic acids is 1. The summed E-state index contributed by atoms with van der Waals surface area (Å²) in [6.07, 6.45) is 3.83. The fraction of sp³-hybridized carbons (Fsp3) is 0.754. The monoisotopic (exact) mass is 1230 g/mol. The summed E-state index contributed by atoms with van der Waals surface area (Å²) in [6.45, 7) is 31.1. The molecule has 0 bridgehead atoms. The number of methoxy groups -OCH3 is 2. The second-order valence-electron chi connectivity index (χ2n) is 26.0. The molecule has 21 heteroatoms. The number of carbonyl (C=O) groups is 7. The van der Waals surface area contributed by atoms with E-state index in [2.05, 4.69) is 34.8 Å². The van der Waals surface area contributed by atoms with Gasteiger partial charge in [-0.15, -0.1) is 11.3 Å². The van der Waals surface area contributed by atoms with Gasteiger partial charge in [-0.3, -0.25) is 33.8 Å². The highest BCUT2D eigenvalue weighted by Crippen LogP contribution is 2.32. The van der Waals surface area contributed by atoms with Crippen LogP contribution in [-0.4, -0.2) is 187 Å². The van der Waals surface area contributed by atoms with E-state index in [-0.39, 0.29) is 79.5 Å². The van der Waals surface area contributed by atoms with Gasteiger partial charge in [-0.1, -0.05) is 106 Å². The number of benzene rings is 1. The first kappa shape index (κ1) is 78.8. The third-order valence-electron chi connectivity index (χ3n) is 15.7. The number of ketones is 1. The highest BCUT2D eigenvalue weighted by Gasteiger charge is 2.44. The third-order valence-corrected chi connectivity index (χ3v) is 16.5. The molecule has 492 valence electrons. The number of likely N-dealkylation sites (tertiary alicyclic amines) is 1. The zero-order valence-corrected chi connectivity index (χ0v) is 56.1. The van der Waals surface area contributed by atoms with Gasteiger partial charge in [-0.2, -0.15) is 0 Å². The maximum absolute atomic E-state index is 14.7. The normalized spacial score (nSPS) is 16.8. The number of thiazole rings is 1. The number of likely N-dealkylation sites (N-methyl/N-ethyl adjacent to an activating group) is 3. The van der Waals surface area contributed by atoms with Crippen LogP contribution >= 0.6 is 11.3 Å². The van der Waals surface area contributed by atoms with Gasteiger partial charge < -0.3 is 49.8 Å². The van der Waals surface area contributed by atoms with Crippen LogP contribution in [0.2, 0.25) is 0 Å². The Kier molecular flexibility index (Phi) is 35.0. The Morgan fingerprint density at radius 1 is 0.767 bits per heavy atom. The molecule has 4 N–H and O–H groups in total. The number of carboxylic acids is 1. The van der Waals surface area contributed by atoms with Crippen LogP contribution in [-0.2, 0) is 49.3 Å². The average molecular weight is 1230 g/mol. The molecule has 0 unspecified atom stereocenters. The van der Waals surface area contributed by atoms with E-state index in [9.17, 15) is 33.6 Å². The number of amides is 5. The van der Waals surface area contributed by atoms with E-state index in [1.54, 1.807) is 65.1 Å². The first-order valence-corrected chi connectivity index (χ1v) is 31.5. The third kappa shape index (κ3) is 26.6. The fourth-order valence-corrected chi connectivity index (χ4v) is 12.0. The number of ether oxygens (including phenoxy) is 4. The van der Waals surface area contributed by atoms with Crippen LogP contribution in [0.15, 0.2) is 41.9 Å². The molecule has 1 saturated heterocycles. The summed E-state index contributed by atoms with van der Waals surface area (Å²) >= 11 is 1.50. The molecule has 0 aliphatic carbocycles. The van der Waals surface area contributed by atoms with E-state index in [0.717, 1.165) is 23.4 Å².